The minimum absolute atomic E-state index is 0.0629. The van der Waals surface area contributed by atoms with Crippen molar-refractivity contribution in [3.63, 3.8) is 0 Å². The molecule has 1 rings (SSSR count). The Hall–Kier alpha value is -0.220. The predicted octanol–water partition coefficient (Wildman–Crippen LogP) is 3.96. The van der Waals surface area contributed by atoms with Crippen LogP contribution in [0.5, 0.6) is 0 Å². The highest BCUT2D eigenvalue weighted by molar-refractivity contribution is 7.99. The van der Waals surface area contributed by atoms with Gasteiger partial charge in [-0.05, 0) is 6.42 Å². The Bertz CT molecular complexity index is 246. The smallest absolute Gasteiger partial charge is 0.310 e. The Kier molecular flexibility index (Phi) is 9.35. The summed E-state index contributed by atoms with van der Waals surface area (Å²) in [5, 5.41) is 9.03. The van der Waals surface area contributed by atoms with Crippen molar-refractivity contribution in [1.82, 2.24) is 0 Å². The first kappa shape index (κ1) is 16.8. The van der Waals surface area contributed by atoms with Gasteiger partial charge in [-0.3, -0.25) is 4.79 Å². The van der Waals surface area contributed by atoms with Gasteiger partial charge in [0.05, 0.1) is 12.0 Å². The number of thioether (sulfide) groups is 1. The average molecular weight is 288 g/mol. The lowest BCUT2D eigenvalue weighted by Crippen LogP contribution is -2.29. The molecule has 0 amide bonds. The molecule has 2 atom stereocenters. The first-order valence-corrected chi connectivity index (χ1v) is 8.83. The van der Waals surface area contributed by atoms with Crippen LogP contribution < -0.4 is 0 Å². The minimum Gasteiger partial charge on any atom is -0.481 e. The standard InChI is InChI=1S/C15H28O3S/c1-2-3-4-5-6-7-8-9-10-18-14-12-19-11-13(14)15(16)17/h13-14H,2-12H2,1H3,(H,16,17). The lowest BCUT2D eigenvalue weighted by molar-refractivity contribution is -0.145. The zero-order valence-corrected chi connectivity index (χ0v) is 12.9. The molecule has 0 aromatic rings. The molecule has 0 radical (unpaired) electrons. The summed E-state index contributed by atoms with van der Waals surface area (Å²) in [7, 11) is 0. The van der Waals surface area contributed by atoms with E-state index in [-0.39, 0.29) is 12.0 Å². The molecular formula is C15H28O3S. The third-order valence-electron chi connectivity index (χ3n) is 3.68. The SMILES string of the molecule is CCCCCCCCCCOC1CSCC1C(=O)O. The topological polar surface area (TPSA) is 46.5 Å². The van der Waals surface area contributed by atoms with E-state index < -0.39 is 5.97 Å². The van der Waals surface area contributed by atoms with Crippen LogP contribution in [0, 0.1) is 5.92 Å². The summed E-state index contributed by atoms with van der Waals surface area (Å²) in [6, 6.07) is 0. The van der Waals surface area contributed by atoms with Crippen molar-refractivity contribution >= 4 is 17.7 Å². The van der Waals surface area contributed by atoms with Crippen LogP contribution in [0.1, 0.15) is 58.3 Å². The summed E-state index contributed by atoms with van der Waals surface area (Å²) in [6.45, 7) is 2.97. The molecule has 4 heteroatoms. The molecule has 112 valence electrons. The quantitative estimate of drug-likeness (QED) is 0.585. The summed E-state index contributed by atoms with van der Waals surface area (Å²) in [5.41, 5.74) is 0. The van der Waals surface area contributed by atoms with Crippen LogP contribution in [0.2, 0.25) is 0 Å². The van der Waals surface area contributed by atoms with Gasteiger partial charge >= 0.3 is 5.97 Å². The molecule has 1 saturated heterocycles. The van der Waals surface area contributed by atoms with Crippen molar-refractivity contribution in [2.75, 3.05) is 18.1 Å². The number of rotatable bonds is 11. The Morgan fingerprint density at radius 1 is 1.11 bits per heavy atom. The van der Waals surface area contributed by atoms with Crippen LogP contribution in [0.25, 0.3) is 0 Å². The van der Waals surface area contributed by atoms with Crippen molar-refractivity contribution in [2.45, 2.75) is 64.4 Å². The lowest BCUT2D eigenvalue weighted by Gasteiger charge is -2.15. The third kappa shape index (κ3) is 7.21. The van der Waals surface area contributed by atoms with Gasteiger partial charge in [0.1, 0.15) is 0 Å². The van der Waals surface area contributed by atoms with Gasteiger partial charge in [0.2, 0.25) is 0 Å². The number of hydrogen-bond acceptors (Lipinski definition) is 3. The zero-order chi connectivity index (χ0) is 13.9. The normalized spacial score (nSPS) is 22.8. The van der Waals surface area contributed by atoms with E-state index in [0.29, 0.717) is 5.75 Å². The van der Waals surface area contributed by atoms with Crippen molar-refractivity contribution in [3.8, 4) is 0 Å². The van der Waals surface area contributed by atoms with E-state index >= 15 is 0 Å². The molecule has 0 bridgehead atoms. The monoisotopic (exact) mass is 288 g/mol. The first-order valence-electron chi connectivity index (χ1n) is 7.68. The number of carboxylic acid groups (broad SMARTS) is 1. The molecule has 1 N–H and O–H groups in total. The summed E-state index contributed by atoms with van der Waals surface area (Å²) in [5.74, 6) is 0.552. The number of unbranched alkanes of at least 4 members (excludes halogenated alkanes) is 7. The van der Waals surface area contributed by atoms with E-state index in [1.165, 1.54) is 44.9 Å². The fraction of sp³-hybridized carbons (Fsp3) is 0.933. The molecular weight excluding hydrogens is 260 g/mol. The Morgan fingerprint density at radius 3 is 2.37 bits per heavy atom. The first-order chi connectivity index (χ1) is 9.25. The Morgan fingerprint density at radius 2 is 1.74 bits per heavy atom. The number of hydrogen-bond donors (Lipinski definition) is 1. The summed E-state index contributed by atoms with van der Waals surface area (Å²) < 4.78 is 5.72. The van der Waals surface area contributed by atoms with Crippen molar-refractivity contribution < 1.29 is 14.6 Å². The van der Waals surface area contributed by atoms with E-state index in [1.807, 2.05) is 0 Å². The van der Waals surface area contributed by atoms with Crippen LogP contribution in [-0.2, 0) is 9.53 Å². The van der Waals surface area contributed by atoms with Gasteiger partial charge in [-0.1, -0.05) is 51.9 Å². The average Bonchev–Trinajstić information content (AvgIpc) is 2.85. The number of carboxylic acids is 1. The summed E-state index contributed by atoms with van der Waals surface area (Å²) in [4.78, 5) is 11.0. The molecule has 1 aliphatic heterocycles. The lowest BCUT2D eigenvalue weighted by atomic mass is 10.1. The highest BCUT2D eigenvalue weighted by atomic mass is 32.2. The van der Waals surface area contributed by atoms with E-state index in [0.717, 1.165) is 18.8 Å². The maximum absolute atomic E-state index is 11.0. The highest BCUT2D eigenvalue weighted by Gasteiger charge is 2.34. The number of aliphatic carboxylic acids is 1. The Balaban J connectivity index is 1.92. The van der Waals surface area contributed by atoms with Crippen LogP contribution in [0.3, 0.4) is 0 Å². The van der Waals surface area contributed by atoms with E-state index in [2.05, 4.69) is 6.92 Å². The second-order valence-corrected chi connectivity index (χ2v) is 6.44. The molecule has 1 fully saturated rings. The molecule has 0 aromatic carbocycles. The molecule has 0 aromatic heterocycles. The number of carbonyl (C=O) groups is 1. The van der Waals surface area contributed by atoms with Crippen LogP contribution >= 0.6 is 11.8 Å². The minimum atomic E-state index is -0.703. The maximum atomic E-state index is 11.0. The van der Waals surface area contributed by atoms with Gasteiger partial charge in [0.15, 0.2) is 0 Å². The second-order valence-electron chi connectivity index (χ2n) is 5.37. The molecule has 1 heterocycles. The second kappa shape index (κ2) is 10.6. The van der Waals surface area contributed by atoms with Crippen LogP contribution in [0.15, 0.2) is 0 Å². The van der Waals surface area contributed by atoms with Crippen molar-refractivity contribution in [2.24, 2.45) is 5.92 Å². The van der Waals surface area contributed by atoms with Gasteiger partial charge in [-0.25, -0.2) is 0 Å². The molecule has 3 nitrogen and oxygen atoms in total. The molecule has 0 spiro atoms. The molecule has 0 aliphatic carbocycles. The fourth-order valence-corrected chi connectivity index (χ4v) is 3.71. The summed E-state index contributed by atoms with van der Waals surface area (Å²) in [6.07, 6.45) is 10.2. The fourth-order valence-electron chi connectivity index (χ4n) is 2.40. The van der Waals surface area contributed by atoms with E-state index in [4.69, 9.17) is 9.84 Å². The van der Waals surface area contributed by atoms with Crippen molar-refractivity contribution in [3.05, 3.63) is 0 Å². The number of ether oxygens (including phenoxy) is 1. The third-order valence-corrected chi connectivity index (χ3v) is 4.83. The molecule has 2 unspecified atom stereocenters. The van der Waals surface area contributed by atoms with Gasteiger partial charge < -0.3 is 9.84 Å². The zero-order valence-electron chi connectivity index (χ0n) is 12.1. The van der Waals surface area contributed by atoms with Gasteiger partial charge in [0, 0.05) is 18.1 Å². The van der Waals surface area contributed by atoms with Gasteiger partial charge in [0.25, 0.3) is 0 Å². The molecule has 0 saturated carbocycles. The largest absolute Gasteiger partial charge is 0.481 e. The highest BCUT2D eigenvalue weighted by Crippen LogP contribution is 2.27. The van der Waals surface area contributed by atoms with E-state index in [1.54, 1.807) is 11.8 Å². The summed E-state index contributed by atoms with van der Waals surface area (Å²) >= 11 is 1.69. The van der Waals surface area contributed by atoms with Gasteiger partial charge in [-0.15, -0.1) is 0 Å². The van der Waals surface area contributed by atoms with Crippen molar-refractivity contribution in [1.29, 1.82) is 0 Å². The Labute approximate surface area is 121 Å². The predicted molar refractivity (Wildman–Crippen MR) is 80.8 cm³/mol. The van der Waals surface area contributed by atoms with Gasteiger partial charge in [-0.2, -0.15) is 11.8 Å². The van der Waals surface area contributed by atoms with Crippen LogP contribution in [0.4, 0.5) is 0 Å². The van der Waals surface area contributed by atoms with E-state index in [9.17, 15) is 4.79 Å². The maximum Gasteiger partial charge on any atom is 0.310 e. The van der Waals surface area contributed by atoms with Crippen LogP contribution in [-0.4, -0.2) is 35.3 Å². The molecule has 1 aliphatic rings. The molecule has 19 heavy (non-hydrogen) atoms.